The van der Waals surface area contributed by atoms with Gasteiger partial charge in [0.15, 0.2) is 11.6 Å². The SMILES string of the molecule is Cc1cn(C(=O)OC(C)(C)C)c2ncc(O)cc12.Cc1cn(C(=O)OC(C)(C)C)c2ncc(Oc3c(Cl)cc([N+](=O)[O-])cc3Cl)cc12.O=[N+]([O-])c1cc(Cl)c(F)c(Cl)c1. The van der Waals surface area contributed by atoms with E-state index in [0.29, 0.717) is 22.4 Å². The van der Waals surface area contributed by atoms with E-state index in [2.05, 4.69) is 9.97 Å². The lowest BCUT2D eigenvalue weighted by Gasteiger charge is -2.19. The van der Waals surface area contributed by atoms with Gasteiger partial charge in [0, 0.05) is 47.4 Å². The van der Waals surface area contributed by atoms with Gasteiger partial charge in [-0.15, -0.1) is 0 Å². The van der Waals surface area contributed by atoms with E-state index >= 15 is 0 Å². The number of ether oxygens (including phenoxy) is 3. The number of carbonyl (C=O) groups is 2. The van der Waals surface area contributed by atoms with Crippen LogP contribution in [0, 0.1) is 39.9 Å². The van der Waals surface area contributed by atoms with Gasteiger partial charge in [-0.25, -0.2) is 33.1 Å². The maximum absolute atomic E-state index is 12.7. The third kappa shape index (κ3) is 11.7. The van der Waals surface area contributed by atoms with Crippen LogP contribution < -0.4 is 4.74 Å². The Balaban J connectivity index is 0.000000217. The number of nitrogens with zero attached hydrogens (tertiary/aromatic N) is 6. The number of halogens is 5. The third-order valence-electron chi connectivity index (χ3n) is 7.42. The van der Waals surface area contributed by atoms with Crippen LogP contribution >= 0.6 is 46.4 Å². The van der Waals surface area contributed by atoms with Crippen LogP contribution in [0.5, 0.6) is 17.2 Å². The molecule has 4 aromatic heterocycles. The quantitative estimate of drug-likeness (QED) is 0.0997. The van der Waals surface area contributed by atoms with Crippen LogP contribution in [0.4, 0.5) is 25.4 Å². The van der Waals surface area contributed by atoms with Gasteiger partial charge in [-0.05, 0) is 78.6 Å². The van der Waals surface area contributed by atoms with Crippen molar-refractivity contribution in [2.45, 2.75) is 66.6 Å². The Hall–Kier alpha value is -5.75. The zero-order valence-electron chi connectivity index (χ0n) is 32.5. The van der Waals surface area contributed by atoms with Gasteiger partial charge in [0.2, 0.25) is 0 Å². The number of non-ortho nitro benzene ring substituents is 2. The Kier molecular flexibility index (Phi) is 14.0. The van der Waals surface area contributed by atoms with Gasteiger partial charge in [-0.3, -0.25) is 20.2 Å². The number of nitro groups is 2. The van der Waals surface area contributed by atoms with E-state index in [-0.39, 0.29) is 43.0 Å². The lowest BCUT2D eigenvalue weighted by molar-refractivity contribution is -0.385. The molecule has 6 aromatic rings. The van der Waals surface area contributed by atoms with E-state index in [9.17, 15) is 39.3 Å². The highest BCUT2D eigenvalue weighted by molar-refractivity contribution is 6.37. The molecular formula is C38H35Cl4FN6O10. The Bertz CT molecular complexity index is 2570. The van der Waals surface area contributed by atoms with Crippen molar-refractivity contribution in [3.05, 3.63) is 118 Å². The fraction of sp³-hybridized carbons (Fsp3) is 0.263. The largest absolute Gasteiger partial charge is 0.506 e. The molecule has 0 bridgehead atoms. The predicted octanol–water partition coefficient (Wildman–Crippen LogP) is 12.0. The number of fused-ring (bicyclic) bond motifs is 2. The van der Waals surface area contributed by atoms with Gasteiger partial charge in [-0.2, -0.15) is 0 Å². The molecule has 0 aliphatic heterocycles. The standard InChI is InChI=1S/C19H17Cl2N3O5.C13H16N2O3.C6H2Cl2FNO2/c1-10-9-23(18(25)29-19(2,3)4)17-13(10)7-12(8-22-17)28-16-14(20)5-11(24(26)27)6-15(16)21;1-8-7-15(12(17)18-13(2,3)4)11-10(8)5-9(16)6-14-11;7-4-1-3(10(11)12)2-5(8)6(4)9/h5-9H,1-4H3;5-7,16H,1-4H3;1-2H. The average Bonchev–Trinajstić information content (AvgIpc) is 3.63. The fourth-order valence-electron chi connectivity index (χ4n) is 4.97. The number of aromatic nitrogens is 4. The van der Waals surface area contributed by atoms with Gasteiger partial charge < -0.3 is 19.3 Å². The van der Waals surface area contributed by atoms with Crippen molar-refractivity contribution in [1.29, 1.82) is 0 Å². The number of aryl methyl sites for hydroxylation is 2. The summed E-state index contributed by atoms with van der Waals surface area (Å²) in [6, 6.07) is 7.37. The van der Waals surface area contributed by atoms with Crippen LogP contribution in [0.1, 0.15) is 52.7 Å². The minimum absolute atomic E-state index is 0.00709. The second-order valence-corrected chi connectivity index (χ2v) is 16.1. The maximum Gasteiger partial charge on any atom is 0.420 e. The van der Waals surface area contributed by atoms with Crippen LogP contribution in [0.3, 0.4) is 0 Å². The van der Waals surface area contributed by atoms with Crippen molar-refractivity contribution in [1.82, 2.24) is 19.1 Å². The number of nitro benzene ring substituents is 2. The Labute approximate surface area is 355 Å². The van der Waals surface area contributed by atoms with E-state index in [1.807, 2.05) is 34.6 Å². The maximum atomic E-state index is 12.7. The third-order valence-corrected chi connectivity index (χ3v) is 8.53. The van der Waals surface area contributed by atoms with Crippen LogP contribution in [-0.4, -0.2) is 57.4 Å². The molecule has 0 radical (unpaired) electrons. The molecule has 21 heteroatoms. The minimum atomic E-state index is -0.844. The van der Waals surface area contributed by atoms with Crippen LogP contribution in [0.2, 0.25) is 20.1 Å². The lowest BCUT2D eigenvalue weighted by atomic mass is 10.2. The fourth-order valence-corrected chi connectivity index (χ4v) is 6.00. The molecule has 0 spiro atoms. The summed E-state index contributed by atoms with van der Waals surface area (Å²) in [5, 5.41) is 31.2. The number of carbonyl (C=O) groups excluding carboxylic acids is 2. The van der Waals surface area contributed by atoms with Gasteiger partial charge in [0.1, 0.15) is 34.0 Å². The summed E-state index contributed by atoms with van der Waals surface area (Å²) in [6.07, 6.45) is 4.98. The number of hydrogen-bond acceptors (Lipinski definition) is 12. The zero-order chi connectivity index (χ0) is 44.3. The number of benzene rings is 2. The second kappa shape index (κ2) is 18.0. The average molecular weight is 897 g/mol. The normalized spacial score (nSPS) is 11.3. The van der Waals surface area contributed by atoms with E-state index in [4.69, 9.17) is 60.6 Å². The Morgan fingerprint density at radius 2 is 1.08 bits per heavy atom. The summed E-state index contributed by atoms with van der Waals surface area (Å²) < 4.78 is 31.8. The molecular weight excluding hydrogens is 861 g/mol. The monoisotopic (exact) mass is 894 g/mol. The van der Waals surface area contributed by atoms with Crippen molar-refractivity contribution >= 4 is 92.0 Å². The van der Waals surface area contributed by atoms with Gasteiger partial charge in [0.05, 0.1) is 42.3 Å². The number of rotatable bonds is 4. The molecule has 59 heavy (non-hydrogen) atoms. The Morgan fingerprint density at radius 3 is 1.49 bits per heavy atom. The highest BCUT2D eigenvalue weighted by Crippen LogP contribution is 2.40. The zero-order valence-corrected chi connectivity index (χ0v) is 35.5. The summed E-state index contributed by atoms with van der Waals surface area (Å²) in [5.41, 5.74) is 0.762. The van der Waals surface area contributed by atoms with Crippen molar-refractivity contribution < 1.29 is 43.1 Å². The summed E-state index contributed by atoms with van der Waals surface area (Å²) in [7, 11) is 0. The summed E-state index contributed by atoms with van der Waals surface area (Å²) >= 11 is 22.8. The molecule has 0 aliphatic rings. The van der Waals surface area contributed by atoms with Gasteiger partial charge in [-0.1, -0.05) is 46.4 Å². The van der Waals surface area contributed by atoms with Gasteiger partial charge >= 0.3 is 12.2 Å². The molecule has 1 N–H and O–H groups in total. The summed E-state index contributed by atoms with van der Waals surface area (Å²) in [5.74, 6) is -0.388. The van der Waals surface area contributed by atoms with Crippen LogP contribution in [0.15, 0.2) is 61.2 Å². The number of pyridine rings is 2. The molecule has 6 rings (SSSR count). The van der Waals surface area contributed by atoms with Crippen molar-refractivity contribution in [3.8, 4) is 17.2 Å². The minimum Gasteiger partial charge on any atom is -0.506 e. The molecule has 0 saturated heterocycles. The van der Waals surface area contributed by atoms with E-state index in [1.54, 1.807) is 45.3 Å². The topological polar surface area (TPSA) is 204 Å². The Morgan fingerprint density at radius 1 is 0.695 bits per heavy atom. The molecule has 0 fully saturated rings. The first-order chi connectivity index (χ1) is 27.3. The smallest absolute Gasteiger partial charge is 0.420 e. The number of aromatic hydroxyl groups is 1. The molecule has 0 unspecified atom stereocenters. The predicted molar refractivity (Wildman–Crippen MR) is 220 cm³/mol. The van der Waals surface area contributed by atoms with Crippen molar-refractivity contribution in [2.24, 2.45) is 0 Å². The summed E-state index contributed by atoms with van der Waals surface area (Å²) in [4.78, 5) is 52.6. The molecule has 16 nitrogen and oxygen atoms in total. The van der Waals surface area contributed by atoms with Crippen molar-refractivity contribution in [2.75, 3.05) is 0 Å². The van der Waals surface area contributed by atoms with E-state index in [1.165, 1.54) is 21.5 Å². The van der Waals surface area contributed by atoms with Crippen LogP contribution in [0.25, 0.3) is 22.1 Å². The van der Waals surface area contributed by atoms with E-state index < -0.39 is 39.1 Å². The highest BCUT2D eigenvalue weighted by Gasteiger charge is 2.23. The molecule has 2 aromatic carbocycles. The first-order valence-electron chi connectivity index (χ1n) is 17.0. The first-order valence-corrected chi connectivity index (χ1v) is 18.5. The molecule has 0 atom stereocenters. The van der Waals surface area contributed by atoms with Gasteiger partial charge in [0.25, 0.3) is 11.4 Å². The van der Waals surface area contributed by atoms with E-state index in [0.717, 1.165) is 40.8 Å². The molecule has 4 heterocycles. The summed E-state index contributed by atoms with van der Waals surface area (Å²) in [6.45, 7) is 14.4. The highest BCUT2D eigenvalue weighted by atomic mass is 35.5. The van der Waals surface area contributed by atoms with Crippen LogP contribution in [-0.2, 0) is 9.47 Å². The van der Waals surface area contributed by atoms with Crippen molar-refractivity contribution in [3.63, 3.8) is 0 Å². The lowest BCUT2D eigenvalue weighted by Crippen LogP contribution is -2.26. The molecule has 312 valence electrons. The molecule has 0 saturated carbocycles. The number of hydrogen-bond donors (Lipinski definition) is 1. The molecule has 0 aliphatic carbocycles. The second-order valence-electron chi connectivity index (χ2n) is 14.5. The first kappa shape index (κ1) is 45.9. The molecule has 0 amide bonds.